The summed E-state index contributed by atoms with van der Waals surface area (Å²) in [6.45, 7) is 4.28. The predicted octanol–water partition coefficient (Wildman–Crippen LogP) is 2.73. The van der Waals surface area contributed by atoms with Crippen molar-refractivity contribution in [3.05, 3.63) is 11.8 Å². The lowest BCUT2D eigenvalue weighted by atomic mass is 10.2. The Hall–Kier alpha value is -0.460. The van der Waals surface area contributed by atoms with Crippen molar-refractivity contribution in [3.8, 4) is 0 Å². The molecule has 0 aromatic carbocycles. The van der Waals surface area contributed by atoms with Gasteiger partial charge in [-0.05, 0) is 18.9 Å². The van der Waals surface area contributed by atoms with E-state index in [0.29, 0.717) is 0 Å². The summed E-state index contributed by atoms with van der Waals surface area (Å²) in [7, 11) is 1.73. The normalized spacial score (nSPS) is 11.7. The topological polar surface area (TPSA) is 9.23 Å². The van der Waals surface area contributed by atoms with Gasteiger partial charge in [-0.3, -0.25) is 0 Å². The van der Waals surface area contributed by atoms with E-state index in [0.717, 1.165) is 18.6 Å². The van der Waals surface area contributed by atoms with Crippen molar-refractivity contribution in [3.63, 3.8) is 0 Å². The Labute approximate surface area is 57.7 Å². The molecule has 0 N–H and O–H groups in total. The molecule has 0 saturated heterocycles. The van der Waals surface area contributed by atoms with Gasteiger partial charge in [0.15, 0.2) is 0 Å². The first-order chi connectivity index (χ1) is 4.35. The van der Waals surface area contributed by atoms with Gasteiger partial charge in [0.1, 0.15) is 0 Å². The minimum absolute atomic E-state index is 1.07. The predicted molar refractivity (Wildman–Crippen MR) is 40.3 cm³/mol. The fraction of sp³-hybridized carbons (Fsp3) is 0.750. The molecule has 0 aromatic heterocycles. The number of rotatable bonds is 4. The van der Waals surface area contributed by atoms with Gasteiger partial charge in [-0.15, -0.1) is 0 Å². The first-order valence-corrected chi connectivity index (χ1v) is 3.58. The molecule has 0 aliphatic heterocycles. The highest BCUT2D eigenvalue weighted by atomic mass is 16.5. The fourth-order valence-corrected chi connectivity index (χ4v) is 0.762. The molecule has 1 heteroatoms. The summed E-state index contributed by atoms with van der Waals surface area (Å²) in [6.07, 6.45) is 5.44. The minimum atomic E-state index is 1.07. The van der Waals surface area contributed by atoms with Crippen LogP contribution >= 0.6 is 0 Å². The molecule has 0 unspecified atom stereocenters. The smallest absolute Gasteiger partial charge is 0.0915 e. The van der Waals surface area contributed by atoms with Crippen LogP contribution in [0.2, 0.25) is 0 Å². The van der Waals surface area contributed by atoms with E-state index in [2.05, 4.69) is 19.9 Å². The van der Waals surface area contributed by atoms with E-state index in [1.54, 1.807) is 7.11 Å². The molecular weight excluding hydrogens is 112 g/mol. The van der Waals surface area contributed by atoms with Crippen LogP contribution in [0.4, 0.5) is 0 Å². The van der Waals surface area contributed by atoms with Crippen LogP contribution in [0.15, 0.2) is 11.8 Å². The van der Waals surface area contributed by atoms with Crippen LogP contribution in [0.25, 0.3) is 0 Å². The summed E-state index contributed by atoms with van der Waals surface area (Å²) >= 11 is 0. The second-order valence-electron chi connectivity index (χ2n) is 2.03. The maximum absolute atomic E-state index is 5.09. The SMILES string of the molecule is CC/C=C(/CCC)OC. The molecule has 0 amide bonds. The molecule has 1 nitrogen and oxygen atoms in total. The summed E-state index contributed by atoms with van der Waals surface area (Å²) in [5, 5.41) is 0. The molecule has 0 radical (unpaired) electrons. The van der Waals surface area contributed by atoms with Crippen molar-refractivity contribution in [2.45, 2.75) is 33.1 Å². The molecule has 0 saturated carbocycles. The standard InChI is InChI=1S/C8H16O/c1-4-6-8(9-3)7-5-2/h6H,4-5,7H2,1-3H3/b8-6-. The van der Waals surface area contributed by atoms with Crippen LogP contribution in [0, 0.1) is 0 Å². The highest BCUT2D eigenvalue weighted by Gasteiger charge is 1.89. The van der Waals surface area contributed by atoms with Crippen molar-refractivity contribution in [2.24, 2.45) is 0 Å². The van der Waals surface area contributed by atoms with Crippen LogP contribution in [-0.4, -0.2) is 7.11 Å². The lowest BCUT2D eigenvalue weighted by molar-refractivity contribution is 0.274. The van der Waals surface area contributed by atoms with Crippen molar-refractivity contribution in [1.29, 1.82) is 0 Å². The Balaban J connectivity index is 3.53. The molecule has 54 valence electrons. The first-order valence-electron chi connectivity index (χ1n) is 3.58. The van der Waals surface area contributed by atoms with Crippen LogP contribution in [0.5, 0.6) is 0 Å². The Morgan fingerprint density at radius 1 is 1.44 bits per heavy atom. The summed E-state index contributed by atoms with van der Waals surface area (Å²) < 4.78 is 5.09. The molecule has 0 aliphatic rings. The largest absolute Gasteiger partial charge is 0.501 e. The lowest BCUT2D eigenvalue weighted by Crippen LogP contribution is -1.84. The zero-order valence-electron chi connectivity index (χ0n) is 6.61. The average Bonchev–Trinajstić information content (AvgIpc) is 1.88. The van der Waals surface area contributed by atoms with Crippen molar-refractivity contribution < 1.29 is 4.74 Å². The number of hydrogen-bond acceptors (Lipinski definition) is 1. The van der Waals surface area contributed by atoms with Crippen LogP contribution in [0.3, 0.4) is 0 Å². The Morgan fingerprint density at radius 2 is 2.11 bits per heavy atom. The van der Waals surface area contributed by atoms with E-state index in [-0.39, 0.29) is 0 Å². The third-order valence-corrected chi connectivity index (χ3v) is 1.19. The van der Waals surface area contributed by atoms with Crippen LogP contribution in [0.1, 0.15) is 33.1 Å². The van der Waals surface area contributed by atoms with Gasteiger partial charge in [-0.25, -0.2) is 0 Å². The molecule has 0 heterocycles. The molecule has 0 aromatic rings. The monoisotopic (exact) mass is 128 g/mol. The Kier molecular flexibility index (Phi) is 5.38. The first kappa shape index (κ1) is 8.54. The number of ether oxygens (including phenoxy) is 1. The number of methoxy groups -OCH3 is 1. The maximum Gasteiger partial charge on any atom is 0.0915 e. The van der Waals surface area contributed by atoms with Gasteiger partial charge in [0.2, 0.25) is 0 Å². The van der Waals surface area contributed by atoms with E-state index < -0.39 is 0 Å². The molecular formula is C8H16O. The second-order valence-corrected chi connectivity index (χ2v) is 2.03. The summed E-state index contributed by atoms with van der Waals surface area (Å²) in [5.41, 5.74) is 0. The van der Waals surface area contributed by atoms with Gasteiger partial charge in [0.25, 0.3) is 0 Å². The molecule has 9 heavy (non-hydrogen) atoms. The summed E-state index contributed by atoms with van der Waals surface area (Å²) in [4.78, 5) is 0. The third-order valence-electron chi connectivity index (χ3n) is 1.19. The molecule has 0 bridgehead atoms. The average molecular weight is 128 g/mol. The fourth-order valence-electron chi connectivity index (χ4n) is 0.762. The molecule has 0 aliphatic carbocycles. The van der Waals surface area contributed by atoms with E-state index in [4.69, 9.17) is 4.74 Å². The van der Waals surface area contributed by atoms with E-state index in [9.17, 15) is 0 Å². The highest BCUT2D eigenvalue weighted by molar-refractivity contribution is 4.91. The quantitative estimate of drug-likeness (QED) is 0.529. The number of hydrogen-bond donors (Lipinski definition) is 0. The van der Waals surface area contributed by atoms with Gasteiger partial charge in [0.05, 0.1) is 12.9 Å². The van der Waals surface area contributed by atoms with E-state index in [1.807, 2.05) is 0 Å². The van der Waals surface area contributed by atoms with Crippen molar-refractivity contribution in [2.75, 3.05) is 7.11 Å². The lowest BCUT2D eigenvalue weighted by Gasteiger charge is -2.01. The Morgan fingerprint density at radius 3 is 2.44 bits per heavy atom. The molecule has 0 fully saturated rings. The number of allylic oxidation sites excluding steroid dienone is 2. The van der Waals surface area contributed by atoms with E-state index >= 15 is 0 Å². The Bertz CT molecular complexity index is 84.6. The molecule has 0 rings (SSSR count). The minimum Gasteiger partial charge on any atom is -0.501 e. The van der Waals surface area contributed by atoms with Crippen LogP contribution < -0.4 is 0 Å². The highest BCUT2D eigenvalue weighted by Crippen LogP contribution is 2.05. The van der Waals surface area contributed by atoms with Crippen LogP contribution in [-0.2, 0) is 4.74 Å². The van der Waals surface area contributed by atoms with Gasteiger partial charge in [-0.2, -0.15) is 0 Å². The van der Waals surface area contributed by atoms with E-state index in [1.165, 1.54) is 6.42 Å². The zero-order valence-corrected chi connectivity index (χ0v) is 6.61. The van der Waals surface area contributed by atoms with Gasteiger partial charge >= 0.3 is 0 Å². The third kappa shape index (κ3) is 4.07. The second kappa shape index (κ2) is 5.67. The zero-order chi connectivity index (χ0) is 7.11. The van der Waals surface area contributed by atoms with Gasteiger partial charge in [-0.1, -0.05) is 13.8 Å². The summed E-state index contributed by atoms with van der Waals surface area (Å²) in [5.74, 6) is 1.13. The van der Waals surface area contributed by atoms with Crippen molar-refractivity contribution >= 4 is 0 Å². The summed E-state index contributed by atoms with van der Waals surface area (Å²) in [6, 6.07) is 0. The van der Waals surface area contributed by atoms with Gasteiger partial charge < -0.3 is 4.74 Å². The maximum atomic E-state index is 5.09. The molecule has 0 spiro atoms. The molecule has 0 atom stereocenters. The van der Waals surface area contributed by atoms with Crippen molar-refractivity contribution in [1.82, 2.24) is 0 Å². The van der Waals surface area contributed by atoms with Gasteiger partial charge in [0, 0.05) is 6.42 Å².